The Hall–Kier alpha value is -3.26. The van der Waals surface area contributed by atoms with Gasteiger partial charge in [-0.05, 0) is 48.7 Å². The number of anilines is 2. The van der Waals surface area contributed by atoms with Crippen molar-refractivity contribution >= 4 is 46.7 Å². The van der Waals surface area contributed by atoms with Crippen LogP contribution in [0.1, 0.15) is 12.0 Å². The fraction of sp³-hybridized carbons (Fsp3) is 0.154. The van der Waals surface area contributed by atoms with E-state index >= 15 is 0 Å². The van der Waals surface area contributed by atoms with Crippen LogP contribution >= 0.6 is 23.4 Å². The third kappa shape index (κ3) is 7.38. The average molecular weight is 497 g/mol. The Morgan fingerprint density at radius 1 is 0.912 bits per heavy atom. The van der Waals surface area contributed by atoms with Gasteiger partial charge in [0.15, 0.2) is 0 Å². The van der Waals surface area contributed by atoms with E-state index in [9.17, 15) is 9.59 Å². The Balaban J connectivity index is 0.000000350. The molecule has 0 radical (unpaired) electrons. The van der Waals surface area contributed by atoms with Gasteiger partial charge in [0.2, 0.25) is 0 Å². The van der Waals surface area contributed by atoms with Crippen molar-refractivity contribution in [3.63, 3.8) is 0 Å². The van der Waals surface area contributed by atoms with Gasteiger partial charge in [0.05, 0.1) is 11.4 Å². The number of aliphatic carboxylic acids is 2. The zero-order valence-electron chi connectivity index (χ0n) is 18.3. The molecule has 0 saturated heterocycles. The van der Waals surface area contributed by atoms with Crippen LogP contribution in [0.3, 0.4) is 0 Å². The monoisotopic (exact) mass is 496 g/mol. The minimum absolute atomic E-state index is 0.127. The van der Waals surface area contributed by atoms with Gasteiger partial charge in [-0.3, -0.25) is 0 Å². The molecule has 6 nitrogen and oxygen atoms in total. The van der Waals surface area contributed by atoms with Crippen molar-refractivity contribution in [2.45, 2.75) is 28.7 Å². The predicted molar refractivity (Wildman–Crippen MR) is 136 cm³/mol. The molecule has 3 aromatic carbocycles. The number of nitrogens with zero attached hydrogens (tertiary/aromatic N) is 1. The van der Waals surface area contributed by atoms with Gasteiger partial charge in [0, 0.05) is 39.6 Å². The SMILES string of the molecule is NC(CCN1c2ccccc2Sc2ccc(Cl)cc21)Cc1ccccc1.O=C(O)C=CC(=O)O. The molecule has 0 fully saturated rings. The van der Waals surface area contributed by atoms with Crippen molar-refractivity contribution in [3.8, 4) is 0 Å². The second-order valence-corrected chi connectivity index (χ2v) is 9.10. The van der Waals surface area contributed by atoms with E-state index in [4.69, 9.17) is 27.5 Å². The summed E-state index contributed by atoms with van der Waals surface area (Å²) >= 11 is 8.08. The van der Waals surface area contributed by atoms with Crippen LogP contribution in [-0.4, -0.2) is 34.7 Å². The molecule has 0 amide bonds. The van der Waals surface area contributed by atoms with Crippen LogP contribution in [0.15, 0.2) is 94.7 Å². The van der Waals surface area contributed by atoms with Crippen LogP contribution in [-0.2, 0) is 16.0 Å². The van der Waals surface area contributed by atoms with Crippen molar-refractivity contribution in [3.05, 3.63) is 95.5 Å². The molecule has 1 heterocycles. The minimum atomic E-state index is -1.26. The number of halogens is 1. The Labute approximate surface area is 207 Å². The van der Waals surface area contributed by atoms with Crippen LogP contribution in [0.2, 0.25) is 5.02 Å². The number of hydrogen-bond acceptors (Lipinski definition) is 5. The maximum atomic E-state index is 9.55. The lowest BCUT2D eigenvalue weighted by molar-refractivity contribution is -0.134. The van der Waals surface area contributed by atoms with Crippen molar-refractivity contribution < 1.29 is 19.8 Å². The lowest BCUT2D eigenvalue weighted by atomic mass is 10.0. The number of nitrogens with two attached hydrogens (primary N) is 1. The second kappa shape index (κ2) is 12.3. The third-order valence-electron chi connectivity index (χ3n) is 5.02. The van der Waals surface area contributed by atoms with Gasteiger partial charge < -0.3 is 20.8 Å². The zero-order chi connectivity index (χ0) is 24.5. The van der Waals surface area contributed by atoms with Gasteiger partial charge in [-0.25, -0.2) is 9.59 Å². The van der Waals surface area contributed by atoms with E-state index in [-0.39, 0.29) is 6.04 Å². The van der Waals surface area contributed by atoms with Crippen LogP contribution < -0.4 is 10.6 Å². The molecule has 0 saturated carbocycles. The molecule has 0 spiro atoms. The highest BCUT2D eigenvalue weighted by atomic mass is 35.5. The highest BCUT2D eigenvalue weighted by molar-refractivity contribution is 7.99. The van der Waals surface area contributed by atoms with Crippen molar-refractivity contribution in [1.29, 1.82) is 0 Å². The molecular formula is C26H25ClN2O4S. The number of benzene rings is 3. The van der Waals surface area contributed by atoms with Gasteiger partial charge in [-0.1, -0.05) is 65.8 Å². The molecule has 3 aromatic rings. The first-order chi connectivity index (χ1) is 16.3. The fourth-order valence-electron chi connectivity index (χ4n) is 3.50. The lowest BCUT2D eigenvalue weighted by Crippen LogP contribution is -2.30. The summed E-state index contributed by atoms with van der Waals surface area (Å²) in [5.74, 6) is -2.51. The van der Waals surface area contributed by atoms with Crippen molar-refractivity contribution in [2.24, 2.45) is 5.73 Å². The standard InChI is InChI=1S/C22H21ClN2S.C4H4O4/c23-17-10-11-22-20(15-17)25(19-8-4-5-9-21(19)26-22)13-12-18(24)14-16-6-2-1-3-7-16;5-3(6)1-2-4(7)8/h1-11,15,18H,12-14,24H2;1-2H,(H,5,6)(H,7,8). The summed E-state index contributed by atoms with van der Waals surface area (Å²) in [7, 11) is 0. The molecule has 8 heteroatoms. The zero-order valence-corrected chi connectivity index (χ0v) is 19.9. The summed E-state index contributed by atoms with van der Waals surface area (Å²) < 4.78 is 0. The molecule has 34 heavy (non-hydrogen) atoms. The first kappa shape index (κ1) is 25.4. The summed E-state index contributed by atoms with van der Waals surface area (Å²) in [6.07, 6.45) is 2.93. The molecule has 1 unspecified atom stereocenters. The van der Waals surface area contributed by atoms with Crippen LogP contribution in [0.5, 0.6) is 0 Å². The number of fused-ring (bicyclic) bond motifs is 2. The maximum Gasteiger partial charge on any atom is 0.328 e. The first-order valence-corrected chi connectivity index (χ1v) is 11.8. The summed E-state index contributed by atoms with van der Waals surface area (Å²) in [6, 6.07) is 25.2. The van der Waals surface area contributed by atoms with Gasteiger partial charge in [-0.2, -0.15) is 0 Å². The topological polar surface area (TPSA) is 104 Å². The van der Waals surface area contributed by atoms with Crippen LogP contribution in [0.25, 0.3) is 0 Å². The molecule has 1 aliphatic heterocycles. The Kier molecular flexibility index (Phi) is 9.16. The Morgan fingerprint density at radius 3 is 2.21 bits per heavy atom. The smallest absolute Gasteiger partial charge is 0.328 e. The highest BCUT2D eigenvalue weighted by Gasteiger charge is 2.23. The first-order valence-electron chi connectivity index (χ1n) is 10.6. The third-order valence-corrected chi connectivity index (χ3v) is 6.39. The number of carbonyl (C=O) groups is 2. The van der Waals surface area contributed by atoms with Crippen LogP contribution in [0, 0.1) is 0 Å². The minimum Gasteiger partial charge on any atom is -0.478 e. The van der Waals surface area contributed by atoms with E-state index < -0.39 is 11.9 Å². The molecule has 0 bridgehead atoms. The molecule has 4 rings (SSSR count). The Morgan fingerprint density at radius 2 is 1.53 bits per heavy atom. The van der Waals surface area contributed by atoms with Gasteiger partial charge >= 0.3 is 11.9 Å². The van der Waals surface area contributed by atoms with Crippen LogP contribution in [0.4, 0.5) is 11.4 Å². The quantitative estimate of drug-likeness (QED) is 0.365. The van der Waals surface area contributed by atoms with Gasteiger partial charge in [-0.15, -0.1) is 0 Å². The average Bonchev–Trinajstić information content (AvgIpc) is 2.82. The molecule has 4 N–H and O–H groups in total. The molecule has 0 aromatic heterocycles. The summed E-state index contributed by atoms with van der Waals surface area (Å²) in [5, 5.41) is 16.4. The van der Waals surface area contributed by atoms with E-state index in [2.05, 4.69) is 65.6 Å². The summed E-state index contributed by atoms with van der Waals surface area (Å²) in [4.78, 5) is 24.0. The molecular weight excluding hydrogens is 472 g/mol. The number of carboxylic acids is 2. The van der Waals surface area contributed by atoms with Gasteiger partial charge in [0.25, 0.3) is 0 Å². The number of hydrogen-bond donors (Lipinski definition) is 3. The lowest BCUT2D eigenvalue weighted by Gasteiger charge is -2.33. The van der Waals surface area contributed by atoms with Gasteiger partial charge in [0.1, 0.15) is 0 Å². The molecule has 1 atom stereocenters. The van der Waals surface area contributed by atoms with E-state index in [0.717, 1.165) is 24.4 Å². The molecule has 1 aliphatic rings. The fourth-order valence-corrected chi connectivity index (χ4v) is 4.74. The maximum absolute atomic E-state index is 9.55. The summed E-state index contributed by atoms with van der Waals surface area (Å²) in [6.45, 7) is 0.874. The second-order valence-electron chi connectivity index (χ2n) is 7.58. The normalized spacial score (nSPS) is 12.8. The number of rotatable bonds is 7. The van der Waals surface area contributed by atoms with E-state index in [1.54, 1.807) is 11.8 Å². The van der Waals surface area contributed by atoms with E-state index in [1.165, 1.54) is 26.7 Å². The summed E-state index contributed by atoms with van der Waals surface area (Å²) in [5.41, 5.74) is 10.1. The molecule has 176 valence electrons. The highest BCUT2D eigenvalue weighted by Crippen LogP contribution is 2.48. The number of para-hydroxylation sites is 1. The number of carboxylic acid groups (broad SMARTS) is 2. The Bertz CT molecular complexity index is 1150. The largest absolute Gasteiger partial charge is 0.478 e. The molecule has 0 aliphatic carbocycles. The van der Waals surface area contributed by atoms with Crippen molar-refractivity contribution in [1.82, 2.24) is 0 Å². The van der Waals surface area contributed by atoms with Crippen molar-refractivity contribution in [2.75, 3.05) is 11.4 Å². The van der Waals surface area contributed by atoms with E-state index in [1.807, 2.05) is 12.1 Å². The predicted octanol–water partition coefficient (Wildman–Crippen LogP) is 5.61. The van der Waals surface area contributed by atoms with E-state index in [0.29, 0.717) is 12.2 Å².